The Bertz CT molecular complexity index is 1720. The van der Waals surface area contributed by atoms with Gasteiger partial charge in [0, 0.05) is 15.2 Å². The third kappa shape index (κ3) is 4.32. The predicted octanol–water partition coefficient (Wildman–Crippen LogP) is 7.54. The van der Waals surface area contributed by atoms with Crippen LogP contribution >= 0.6 is 27.5 Å². The summed E-state index contributed by atoms with van der Waals surface area (Å²) in [6, 6.07) is 28.8. The van der Waals surface area contributed by atoms with E-state index in [4.69, 9.17) is 20.8 Å². The first-order chi connectivity index (χ1) is 18.0. The normalized spacial score (nSPS) is 14.7. The Balaban J connectivity index is 1.50. The number of fused-ring (bicyclic) bond motifs is 2. The maximum absolute atomic E-state index is 13.8. The van der Waals surface area contributed by atoms with Gasteiger partial charge in [-0.1, -0.05) is 76.1 Å². The largest absolute Gasteiger partial charge is 0.489 e. The number of ether oxygens (including phenoxy) is 1. The van der Waals surface area contributed by atoms with Crippen LogP contribution in [0.5, 0.6) is 5.75 Å². The highest BCUT2D eigenvalue weighted by molar-refractivity contribution is 9.10. The van der Waals surface area contributed by atoms with E-state index >= 15 is 0 Å². The van der Waals surface area contributed by atoms with Crippen molar-refractivity contribution in [3.8, 4) is 5.75 Å². The molecule has 2 heterocycles. The SMILES string of the molecule is O=C1c2oc3ccc(Br)cc3c(=O)c2C(c2cccc(OCc3ccccc3)c2)N1c1cccc(Cl)c1. The summed E-state index contributed by atoms with van der Waals surface area (Å²) in [5.41, 5.74) is 2.71. The van der Waals surface area contributed by atoms with Crippen molar-refractivity contribution in [1.29, 1.82) is 0 Å². The number of amides is 1. The van der Waals surface area contributed by atoms with Crippen molar-refractivity contribution in [3.05, 3.63) is 139 Å². The molecule has 5 aromatic rings. The molecule has 182 valence electrons. The van der Waals surface area contributed by atoms with Crippen LogP contribution in [-0.2, 0) is 6.61 Å². The maximum Gasteiger partial charge on any atom is 0.295 e. The van der Waals surface area contributed by atoms with Crippen molar-refractivity contribution < 1.29 is 13.9 Å². The van der Waals surface area contributed by atoms with Crippen molar-refractivity contribution >= 4 is 50.1 Å². The van der Waals surface area contributed by atoms with Gasteiger partial charge in [-0.2, -0.15) is 0 Å². The Morgan fingerprint density at radius 3 is 2.51 bits per heavy atom. The lowest BCUT2D eigenvalue weighted by Gasteiger charge is -2.25. The van der Waals surface area contributed by atoms with Crippen LogP contribution < -0.4 is 15.1 Å². The van der Waals surface area contributed by atoms with Crippen LogP contribution in [0.15, 0.2) is 111 Å². The summed E-state index contributed by atoms with van der Waals surface area (Å²) in [5, 5.41) is 0.878. The van der Waals surface area contributed by atoms with E-state index in [1.165, 1.54) is 0 Å². The zero-order chi connectivity index (χ0) is 25.5. The molecule has 37 heavy (non-hydrogen) atoms. The van der Waals surface area contributed by atoms with Gasteiger partial charge in [-0.05, 0) is 59.7 Å². The van der Waals surface area contributed by atoms with Crippen LogP contribution in [0.3, 0.4) is 0 Å². The first kappa shape index (κ1) is 23.5. The summed E-state index contributed by atoms with van der Waals surface area (Å²) in [4.78, 5) is 29.1. The molecule has 0 radical (unpaired) electrons. The average Bonchev–Trinajstić information content (AvgIpc) is 3.21. The molecule has 0 spiro atoms. The average molecular weight is 573 g/mol. The van der Waals surface area contributed by atoms with E-state index in [0.29, 0.717) is 34.0 Å². The topological polar surface area (TPSA) is 59.8 Å². The van der Waals surface area contributed by atoms with Gasteiger partial charge in [-0.3, -0.25) is 14.5 Å². The van der Waals surface area contributed by atoms with Crippen LogP contribution in [0.25, 0.3) is 11.0 Å². The van der Waals surface area contributed by atoms with Gasteiger partial charge in [0.05, 0.1) is 17.0 Å². The summed E-state index contributed by atoms with van der Waals surface area (Å²) >= 11 is 9.72. The van der Waals surface area contributed by atoms with E-state index in [0.717, 1.165) is 15.6 Å². The van der Waals surface area contributed by atoms with Crippen LogP contribution in [-0.4, -0.2) is 5.91 Å². The van der Waals surface area contributed by atoms with Gasteiger partial charge in [0.2, 0.25) is 5.76 Å². The van der Waals surface area contributed by atoms with Crippen LogP contribution in [0, 0.1) is 0 Å². The fourth-order valence-corrected chi connectivity index (χ4v) is 5.21. The van der Waals surface area contributed by atoms with Crippen LogP contribution in [0.2, 0.25) is 5.02 Å². The molecule has 0 saturated heterocycles. The monoisotopic (exact) mass is 571 g/mol. The second kappa shape index (κ2) is 9.54. The van der Waals surface area contributed by atoms with E-state index < -0.39 is 11.9 Å². The minimum Gasteiger partial charge on any atom is -0.489 e. The van der Waals surface area contributed by atoms with Crippen LogP contribution in [0.1, 0.15) is 33.3 Å². The number of rotatable bonds is 5. The quantitative estimate of drug-likeness (QED) is 0.218. The zero-order valence-electron chi connectivity index (χ0n) is 19.4. The number of anilines is 1. The maximum atomic E-state index is 13.8. The molecule has 0 bridgehead atoms. The zero-order valence-corrected chi connectivity index (χ0v) is 21.7. The minimum atomic E-state index is -0.721. The number of carbonyl (C=O) groups is 1. The number of hydrogen-bond donors (Lipinski definition) is 0. The van der Waals surface area contributed by atoms with Gasteiger partial charge in [0.15, 0.2) is 5.43 Å². The molecule has 6 rings (SSSR count). The third-order valence-corrected chi connectivity index (χ3v) is 7.07. The summed E-state index contributed by atoms with van der Waals surface area (Å²) in [6.45, 7) is 0.392. The Morgan fingerprint density at radius 1 is 0.892 bits per heavy atom. The highest BCUT2D eigenvalue weighted by atomic mass is 79.9. The van der Waals surface area contributed by atoms with E-state index in [-0.39, 0.29) is 16.8 Å². The lowest BCUT2D eigenvalue weighted by molar-refractivity contribution is 0.0971. The molecule has 0 aliphatic carbocycles. The van der Waals surface area contributed by atoms with E-state index in [9.17, 15) is 9.59 Å². The van der Waals surface area contributed by atoms with Crippen molar-refractivity contribution in [1.82, 2.24) is 0 Å². The molecule has 4 aromatic carbocycles. The highest BCUT2D eigenvalue weighted by Gasteiger charge is 2.43. The number of nitrogens with zero attached hydrogens (tertiary/aromatic N) is 1. The number of benzene rings is 4. The lowest BCUT2D eigenvalue weighted by atomic mass is 9.98. The molecule has 0 fully saturated rings. The van der Waals surface area contributed by atoms with Gasteiger partial charge in [0.1, 0.15) is 17.9 Å². The summed E-state index contributed by atoms with van der Waals surface area (Å²) in [7, 11) is 0. The second-order valence-corrected chi connectivity index (χ2v) is 10.1. The number of carbonyl (C=O) groups excluding carboxylic acids is 1. The molecule has 0 saturated carbocycles. The minimum absolute atomic E-state index is 0.0282. The molecule has 1 atom stereocenters. The van der Waals surface area contributed by atoms with Crippen molar-refractivity contribution in [3.63, 3.8) is 0 Å². The van der Waals surface area contributed by atoms with Gasteiger partial charge in [-0.25, -0.2) is 0 Å². The van der Waals surface area contributed by atoms with E-state index in [1.54, 1.807) is 47.4 Å². The molecular weight excluding hydrogens is 554 g/mol. The summed E-state index contributed by atoms with van der Waals surface area (Å²) in [5.74, 6) is 0.251. The molecular formula is C30H19BrClNO4. The molecule has 1 aromatic heterocycles. The van der Waals surface area contributed by atoms with Crippen molar-refractivity contribution in [2.75, 3.05) is 4.90 Å². The fourth-order valence-electron chi connectivity index (χ4n) is 4.67. The Morgan fingerprint density at radius 2 is 1.70 bits per heavy atom. The molecule has 1 aliphatic rings. The number of hydrogen-bond acceptors (Lipinski definition) is 4. The van der Waals surface area contributed by atoms with Gasteiger partial charge in [-0.15, -0.1) is 0 Å². The lowest BCUT2D eigenvalue weighted by Crippen LogP contribution is -2.29. The highest BCUT2D eigenvalue weighted by Crippen LogP contribution is 2.42. The molecule has 1 unspecified atom stereocenters. The van der Waals surface area contributed by atoms with Gasteiger partial charge in [0.25, 0.3) is 5.91 Å². The predicted molar refractivity (Wildman–Crippen MR) is 148 cm³/mol. The smallest absolute Gasteiger partial charge is 0.295 e. The van der Waals surface area contributed by atoms with Gasteiger partial charge >= 0.3 is 0 Å². The standard InChI is InChI=1S/C30H19BrClNO4/c31-20-12-13-25-24(15-20)28(34)26-27(33(30(35)29(26)37-25)22-10-5-9-21(32)16-22)19-8-4-11-23(14-19)36-17-18-6-2-1-3-7-18/h1-16,27H,17H2. The third-order valence-electron chi connectivity index (χ3n) is 6.34. The first-order valence-electron chi connectivity index (χ1n) is 11.6. The molecule has 5 nitrogen and oxygen atoms in total. The van der Waals surface area contributed by atoms with E-state index in [2.05, 4.69) is 15.9 Å². The first-order valence-corrected chi connectivity index (χ1v) is 12.8. The van der Waals surface area contributed by atoms with E-state index in [1.807, 2.05) is 54.6 Å². The molecule has 7 heteroatoms. The van der Waals surface area contributed by atoms with Crippen molar-refractivity contribution in [2.45, 2.75) is 12.6 Å². The summed E-state index contributed by atoms with van der Waals surface area (Å²) in [6.07, 6.45) is 0. The Hall–Kier alpha value is -3.87. The van der Waals surface area contributed by atoms with Crippen LogP contribution in [0.4, 0.5) is 5.69 Å². The van der Waals surface area contributed by atoms with Gasteiger partial charge < -0.3 is 9.15 Å². The molecule has 1 aliphatic heterocycles. The Kier molecular flexibility index (Phi) is 6.07. The molecule has 0 N–H and O–H groups in total. The van der Waals surface area contributed by atoms with Crippen molar-refractivity contribution in [2.24, 2.45) is 0 Å². The summed E-state index contributed by atoms with van der Waals surface area (Å²) < 4.78 is 12.8. The molecule has 1 amide bonds. The number of halogens is 2. The Labute approximate surface area is 226 Å². The fraction of sp³-hybridized carbons (Fsp3) is 0.0667. The second-order valence-electron chi connectivity index (χ2n) is 8.72.